The molecule has 8 heteroatoms. The summed E-state index contributed by atoms with van der Waals surface area (Å²) in [7, 11) is -3.81. The van der Waals surface area contributed by atoms with Crippen molar-refractivity contribution in [2.75, 3.05) is 10.5 Å². The van der Waals surface area contributed by atoms with E-state index in [4.69, 9.17) is 5.73 Å². The summed E-state index contributed by atoms with van der Waals surface area (Å²) in [5.74, 6) is 0.0154. The molecular formula is C14H13N5O2S. The van der Waals surface area contributed by atoms with Gasteiger partial charge in [0.25, 0.3) is 10.0 Å². The number of pyridine rings is 1. The van der Waals surface area contributed by atoms with E-state index in [0.717, 1.165) is 23.3 Å². The Morgan fingerprint density at radius 2 is 1.86 bits per heavy atom. The second-order valence-corrected chi connectivity index (χ2v) is 6.45. The highest BCUT2D eigenvalue weighted by Crippen LogP contribution is 2.25. The van der Waals surface area contributed by atoms with Crippen molar-refractivity contribution in [3.05, 3.63) is 48.4 Å². The molecule has 3 rings (SSSR count). The van der Waals surface area contributed by atoms with Gasteiger partial charge in [0, 0.05) is 11.6 Å². The molecule has 0 aliphatic rings. The number of sulfonamides is 1. The number of rotatable bonds is 3. The van der Waals surface area contributed by atoms with Crippen LogP contribution in [0.25, 0.3) is 10.9 Å². The molecule has 0 amide bonds. The van der Waals surface area contributed by atoms with Crippen LogP contribution < -0.4 is 10.5 Å². The zero-order valence-electron chi connectivity index (χ0n) is 11.7. The van der Waals surface area contributed by atoms with Crippen LogP contribution in [0.5, 0.6) is 0 Å². The van der Waals surface area contributed by atoms with Gasteiger partial charge < -0.3 is 5.73 Å². The summed E-state index contributed by atoms with van der Waals surface area (Å²) in [6.07, 6.45) is 3.94. The average molecular weight is 315 g/mol. The number of nitrogens with zero attached hydrogens (tertiary/aromatic N) is 3. The van der Waals surface area contributed by atoms with Gasteiger partial charge in [-0.2, -0.15) is 0 Å². The van der Waals surface area contributed by atoms with E-state index in [1.54, 1.807) is 18.3 Å². The van der Waals surface area contributed by atoms with Crippen LogP contribution in [0.4, 0.5) is 11.6 Å². The maximum Gasteiger partial charge on any atom is 0.265 e. The van der Waals surface area contributed by atoms with Crippen molar-refractivity contribution in [2.45, 2.75) is 11.8 Å². The van der Waals surface area contributed by atoms with Gasteiger partial charge >= 0.3 is 0 Å². The first-order valence-electron chi connectivity index (χ1n) is 6.41. The Hall–Kier alpha value is -2.74. The van der Waals surface area contributed by atoms with Gasteiger partial charge in [0.15, 0.2) is 0 Å². The van der Waals surface area contributed by atoms with Crippen molar-refractivity contribution in [1.29, 1.82) is 0 Å². The van der Waals surface area contributed by atoms with Crippen LogP contribution in [0.15, 0.2) is 47.8 Å². The molecule has 112 valence electrons. The molecule has 1 aromatic carbocycles. The standard InChI is InChI=1S/C14H13N5O2S/c1-9-5-10-3-2-4-16-13(10)12(6-9)19-22(20,21)11-7-17-14(15)18-8-11/h2-8,19H,1H3,(H2,15,17,18). The molecular weight excluding hydrogens is 302 g/mol. The zero-order chi connectivity index (χ0) is 15.7. The van der Waals surface area contributed by atoms with Gasteiger partial charge in [0.2, 0.25) is 5.95 Å². The van der Waals surface area contributed by atoms with Gasteiger partial charge in [0.1, 0.15) is 4.90 Å². The van der Waals surface area contributed by atoms with Crippen molar-refractivity contribution in [2.24, 2.45) is 0 Å². The number of nitrogens with two attached hydrogens (primary N) is 1. The monoisotopic (exact) mass is 315 g/mol. The van der Waals surface area contributed by atoms with E-state index in [-0.39, 0.29) is 10.8 Å². The van der Waals surface area contributed by atoms with Gasteiger partial charge in [-0.25, -0.2) is 18.4 Å². The highest BCUT2D eigenvalue weighted by Gasteiger charge is 2.17. The van der Waals surface area contributed by atoms with Crippen LogP contribution in [0.1, 0.15) is 5.56 Å². The Morgan fingerprint density at radius 3 is 2.59 bits per heavy atom. The average Bonchev–Trinajstić information content (AvgIpc) is 2.47. The molecule has 3 N–H and O–H groups in total. The van der Waals surface area contributed by atoms with Gasteiger partial charge in [-0.05, 0) is 30.7 Å². The van der Waals surface area contributed by atoms with Crippen LogP contribution >= 0.6 is 0 Å². The normalized spacial score (nSPS) is 11.5. The summed E-state index contributed by atoms with van der Waals surface area (Å²) in [5.41, 5.74) is 7.28. The number of nitrogens with one attached hydrogen (secondary N) is 1. The molecule has 0 bridgehead atoms. The lowest BCUT2D eigenvalue weighted by Crippen LogP contribution is -2.14. The summed E-state index contributed by atoms with van der Waals surface area (Å²) in [4.78, 5) is 11.6. The van der Waals surface area contributed by atoms with Gasteiger partial charge in [0.05, 0.1) is 23.6 Å². The highest BCUT2D eigenvalue weighted by atomic mass is 32.2. The van der Waals surface area contributed by atoms with Crippen LogP contribution in [0, 0.1) is 6.92 Å². The van der Waals surface area contributed by atoms with Crippen LogP contribution in [0.2, 0.25) is 0 Å². The third-order valence-electron chi connectivity index (χ3n) is 3.05. The highest BCUT2D eigenvalue weighted by molar-refractivity contribution is 7.92. The third-order valence-corrected chi connectivity index (χ3v) is 4.37. The largest absolute Gasteiger partial charge is 0.368 e. The van der Waals surface area contributed by atoms with Gasteiger partial charge in [-0.3, -0.25) is 9.71 Å². The number of benzene rings is 1. The molecule has 2 aromatic heterocycles. The Labute approximate surface area is 127 Å². The molecule has 0 aliphatic carbocycles. The number of hydrogen-bond acceptors (Lipinski definition) is 6. The first-order chi connectivity index (χ1) is 10.5. The molecule has 0 atom stereocenters. The minimum atomic E-state index is -3.81. The molecule has 0 unspecified atom stereocenters. The Bertz CT molecular complexity index is 939. The summed E-state index contributed by atoms with van der Waals surface area (Å²) >= 11 is 0. The lowest BCUT2D eigenvalue weighted by atomic mass is 10.1. The lowest BCUT2D eigenvalue weighted by molar-refractivity contribution is 0.600. The molecule has 7 nitrogen and oxygen atoms in total. The number of hydrogen-bond donors (Lipinski definition) is 2. The Balaban J connectivity index is 2.07. The fourth-order valence-corrected chi connectivity index (χ4v) is 3.03. The van der Waals surface area contributed by atoms with Gasteiger partial charge in [-0.1, -0.05) is 6.07 Å². The Morgan fingerprint density at radius 1 is 1.14 bits per heavy atom. The summed E-state index contributed by atoms with van der Waals surface area (Å²) in [5, 5.41) is 0.855. The van der Waals surface area contributed by atoms with Crippen LogP contribution in [-0.4, -0.2) is 23.4 Å². The quantitative estimate of drug-likeness (QED) is 0.761. The summed E-state index contributed by atoms with van der Waals surface area (Å²) in [6.45, 7) is 1.89. The fourth-order valence-electron chi connectivity index (χ4n) is 2.09. The smallest absolute Gasteiger partial charge is 0.265 e. The third kappa shape index (κ3) is 2.68. The van der Waals surface area contributed by atoms with E-state index in [0.29, 0.717) is 11.2 Å². The molecule has 0 spiro atoms. The van der Waals surface area contributed by atoms with Crippen LogP contribution in [-0.2, 0) is 10.0 Å². The minimum Gasteiger partial charge on any atom is -0.368 e. The van der Waals surface area contributed by atoms with Crippen molar-refractivity contribution < 1.29 is 8.42 Å². The maximum atomic E-state index is 12.4. The molecule has 0 saturated carbocycles. The second-order valence-electron chi connectivity index (χ2n) is 4.77. The minimum absolute atomic E-state index is 0.0154. The number of aryl methyl sites for hydroxylation is 1. The van der Waals surface area contributed by atoms with E-state index >= 15 is 0 Å². The zero-order valence-corrected chi connectivity index (χ0v) is 12.5. The number of nitrogen functional groups attached to an aromatic ring is 1. The number of aromatic nitrogens is 3. The predicted molar refractivity (Wildman–Crippen MR) is 83.7 cm³/mol. The second kappa shape index (κ2) is 5.23. The van der Waals surface area contributed by atoms with Crippen molar-refractivity contribution >= 4 is 32.6 Å². The van der Waals surface area contributed by atoms with Crippen molar-refractivity contribution in [3.8, 4) is 0 Å². The Kier molecular flexibility index (Phi) is 3.38. The molecule has 2 heterocycles. The maximum absolute atomic E-state index is 12.4. The number of fused-ring (bicyclic) bond motifs is 1. The molecule has 0 radical (unpaired) electrons. The molecule has 3 aromatic rings. The first-order valence-corrected chi connectivity index (χ1v) is 7.90. The van der Waals surface area contributed by atoms with Crippen molar-refractivity contribution in [3.63, 3.8) is 0 Å². The number of anilines is 2. The van der Waals surface area contributed by atoms with E-state index < -0.39 is 10.0 Å². The SMILES string of the molecule is Cc1cc(NS(=O)(=O)c2cnc(N)nc2)c2ncccc2c1. The topological polar surface area (TPSA) is 111 Å². The summed E-state index contributed by atoms with van der Waals surface area (Å²) in [6, 6.07) is 7.34. The van der Waals surface area contributed by atoms with Crippen LogP contribution in [0.3, 0.4) is 0 Å². The summed E-state index contributed by atoms with van der Waals surface area (Å²) < 4.78 is 27.3. The first kappa shape index (κ1) is 14.2. The van der Waals surface area contributed by atoms with E-state index in [9.17, 15) is 8.42 Å². The van der Waals surface area contributed by atoms with Crippen molar-refractivity contribution in [1.82, 2.24) is 15.0 Å². The van der Waals surface area contributed by atoms with E-state index in [1.165, 1.54) is 0 Å². The molecule has 0 fully saturated rings. The van der Waals surface area contributed by atoms with Gasteiger partial charge in [-0.15, -0.1) is 0 Å². The van der Waals surface area contributed by atoms with E-state index in [2.05, 4.69) is 19.7 Å². The van der Waals surface area contributed by atoms with E-state index in [1.807, 2.05) is 19.1 Å². The predicted octanol–water partition coefficient (Wildman–Crippen LogP) is 1.72. The molecule has 0 aliphatic heterocycles. The lowest BCUT2D eigenvalue weighted by Gasteiger charge is -2.11. The molecule has 22 heavy (non-hydrogen) atoms. The molecule has 0 saturated heterocycles. The fraction of sp³-hybridized carbons (Fsp3) is 0.0714.